The van der Waals surface area contributed by atoms with E-state index in [9.17, 15) is 0 Å². The first kappa shape index (κ1) is 50.7. The molecule has 0 radical (unpaired) electrons. The van der Waals surface area contributed by atoms with Gasteiger partial charge in [0.05, 0.1) is 52.6 Å². The maximum Gasteiger partial charge on any atom is 0.326 e. The first-order valence-electron chi connectivity index (χ1n) is 28.8. The number of benzene rings is 2. The van der Waals surface area contributed by atoms with Crippen LogP contribution >= 0.6 is 0 Å². The number of hydrogen-bond donors (Lipinski definition) is 0. The van der Waals surface area contributed by atoms with Gasteiger partial charge in [0.15, 0.2) is 47.3 Å². The van der Waals surface area contributed by atoms with Crippen molar-refractivity contribution in [1.82, 2.24) is 78.4 Å². The average molecular weight is 1130 g/mol. The molecule has 436 valence electrons. The third-order valence-corrected chi connectivity index (χ3v) is 20.5. The summed E-state index contributed by atoms with van der Waals surface area (Å²) in [5.41, 5.74) is -2.78. The minimum Gasteiger partial charge on any atom is -0.493 e. The van der Waals surface area contributed by atoms with Crippen LogP contribution in [-0.4, -0.2) is 240 Å². The van der Waals surface area contributed by atoms with Crippen molar-refractivity contribution in [3.63, 3.8) is 0 Å². The topological polar surface area (TPSA) is 225 Å². The number of rotatable bonds is 12. The third kappa shape index (κ3) is 5.68. The zero-order valence-corrected chi connectivity index (χ0v) is 47.4. The normalized spacial score (nSPS) is 32.3. The molecule has 0 atom stereocenters. The quantitative estimate of drug-likeness (QED) is 0.288. The molecule has 0 N–H and O–H groups in total. The van der Waals surface area contributed by atoms with Crippen molar-refractivity contribution in [1.29, 1.82) is 0 Å². The number of carbonyl (C=O) groups is 8. The van der Waals surface area contributed by atoms with Crippen molar-refractivity contribution >= 4 is 48.2 Å². The van der Waals surface area contributed by atoms with Gasteiger partial charge in [-0.2, -0.15) is 0 Å². The molecular formula is C54H68N16O12. The van der Waals surface area contributed by atoms with Crippen molar-refractivity contribution < 1.29 is 57.3 Å². The fourth-order valence-corrected chi connectivity index (χ4v) is 16.0. The van der Waals surface area contributed by atoms with Crippen molar-refractivity contribution in [3.05, 3.63) is 46.5 Å². The lowest BCUT2D eigenvalue weighted by Crippen LogP contribution is -2.69. The molecule has 2 aromatic carbocycles. The highest BCUT2D eigenvalue weighted by atomic mass is 16.5. The molecule has 11 fully saturated rings. The number of amides is 16. The standard InChI is InChI=1S/C54H68N16O12/c1-9-17-79-35-13-14-36(80-18-10-2)32-22-64-48(76)68-28-60-41-39-55(43(71)59(41)27-67-47(75)63(21-31(32)35)51(64,5)53(67,68)7)25-57-40-42-61(45(57)73)29-69-49(77)65-23-33-34(38(82-20-12-4)16-15-37(33)81-19-11-3)24-66-50(78)70(54(69,8)52(65,66)6)30-62(42)46(74)58(40)26-56(39)44(60)72/h13-16,39-42H,9-12,17-30H2,1-8H3. The maximum atomic E-state index is 15.5. The first-order chi connectivity index (χ1) is 39.4. The van der Waals surface area contributed by atoms with Gasteiger partial charge in [0.25, 0.3) is 0 Å². The summed E-state index contributed by atoms with van der Waals surface area (Å²) in [6.07, 6.45) is -1.41. The predicted molar refractivity (Wildman–Crippen MR) is 281 cm³/mol. The number of urea groups is 8. The van der Waals surface area contributed by atoms with Gasteiger partial charge in [-0.15, -0.1) is 0 Å². The largest absolute Gasteiger partial charge is 0.493 e. The molecule has 0 aromatic heterocycles. The number of ether oxygens (including phenoxy) is 4. The molecule has 82 heavy (non-hydrogen) atoms. The van der Waals surface area contributed by atoms with Crippen molar-refractivity contribution in [3.8, 4) is 23.0 Å². The fourth-order valence-electron chi connectivity index (χ4n) is 16.0. The monoisotopic (exact) mass is 1130 g/mol. The summed E-state index contributed by atoms with van der Waals surface area (Å²) in [7, 11) is 0. The molecular weight excluding hydrogens is 1060 g/mol. The van der Waals surface area contributed by atoms with Gasteiger partial charge in [-0.1, -0.05) is 27.7 Å². The minimum atomic E-state index is -1.46. The molecule has 0 unspecified atom stereocenters. The van der Waals surface area contributed by atoms with E-state index in [1.807, 2.05) is 65.8 Å². The van der Waals surface area contributed by atoms with Gasteiger partial charge in [0.2, 0.25) is 0 Å². The highest BCUT2D eigenvalue weighted by Crippen LogP contribution is 2.59. The molecule has 11 saturated heterocycles. The van der Waals surface area contributed by atoms with E-state index >= 15 is 38.4 Å². The van der Waals surface area contributed by atoms with Gasteiger partial charge in [-0.3, -0.25) is 78.4 Å². The zero-order chi connectivity index (χ0) is 57.2. The van der Waals surface area contributed by atoms with E-state index in [2.05, 4.69) is 0 Å². The van der Waals surface area contributed by atoms with Crippen molar-refractivity contribution in [2.45, 2.75) is 155 Å². The molecule has 28 nitrogen and oxygen atoms in total. The Labute approximate surface area is 473 Å². The number of hydrogen-bond acceptors (Lipinski definition) is 12. The molecule has 13 aliphatic heterocycles. The Balaban J connectivity index is 0.785. The highest BCUT2D eigenvalue weighted by molar-refractivity contribution is 5.94. The summed E-state index contributed by atoms with van der Waals surface area (Å²) in [4.78, 5) is 148. The third-order valence-electron chi connectivity index (χ3n) is 20.5. The Morgan fingerprint density at radius 3 is 0.720 bits per heavy atom. The number of carbonyl (C=O) groups excluding carboxylic acids is 8. The van der Waals surface area contributed by atoms with E-state index in [0.717, 1.165) is 25.7 Å². The van der Waals surface area contributed by atoms with Gasteiger partial charge < -0.3 is 18.9 Å². The van der Waals surface area contributed by atoms with Crippen LogP contribution in [0.15, 0.2) is 24.3 Å². The smallest absolute Gasteiger partial charge is 0.326 e. The van der Waals surface area contributed by atoms with Gasteiger partial charge >= 0.3 is 48.2 Å². The van der Waals surface area contributed by atoms with E-state index < -0.39 is 109 Å². The van der Waals surface area contributed by atoms with Crippen LogP contribution in [0, 0.1) is 0 Å². The average Bonchev–Trinajstić information content (AvgIpc) is 1.57. The molecule has 15 rings (SSSR count). The van der Waals surface area contributed by atoms with Crippen LogP contribution in [0.4, 0.5) is 38.4 Å². The van der Waals surface area contributed by atoms with Crippen LogP contribution in [0.5, 0.6) is 23.0 Å². The Morgan fingerprint density at radius 1 is 0.317 bits per heavy atom. The summed E-state index contributed by atoms with van der Waals surface area (Å²) in [6, 6.07) is 3.31. The molecule has 13 heterocycles. The van der Waals surface area contributed by atoms with E-state index in [4.69, 9.17) is 18.9 Å². The molecule has 13 aliphatic rings. The van der Waals surface area contributed by atoms with Crippen molar-refractivity contribution in [2.75, 3.05) is 66.4 Å². The zero-order valence-electron chi connectivity index (χ0n) is 47.4. The number of nitrogens with zero attached hydrogens (tertiary/aromatic N) is 16. The van der Waals surface area contributed by atoms with E-state index in [1.54, 1.807) is 53.0 Å². The highest BCUT2D eigenvalue weighted by Gasteiger charge is 2.80. The number of fused-ring (bicyclic) bond motifs is 2. The lowest BCUT2D eigenvalue weighted by atomic mass is 9.95. The Morgan fingerprint density at radius 2 is 0.512 bits per heavy atom. The van der Waals surface area contributed by atoms with Crippen LogP contribution in [0.2, 0.25) is 0 Å². The second-order valence-corrected chi connectivity index (χ2v) is 24.1. The molecule has 16 amide bonds. The summed E-state index contributed by atoms with van der Waals surface area (Å²) >= 11 is 0. The van der Waals surface area contributed by atoms with Crippen LogP contribution in [0.25, 0.3) is 0 Å². The molecule has 28 heteroatoms. The molecule has 0 aliphatic carbocycles. The lowest BCUT2D eigenvalue weighted by Gasteiger charge is -2.49. The van der Waals surface area contributed by atoms with Gasteiger partial charge in [0, 0.05) is 22.3 Å². The summed E-state index contributed by atoms with van der Waals surface area (Å²) < 4.78 is 25.2. The van der Waals surface area contributed by atoms with E-state index in [1.165, 1.54) is 39.2 Å². The Hall–Kier alpha value is -8.20. The van der Waals surface area contributed by atoms with Crippen LogP contribution < -0.4 is 18.9 Å². The summed E-state index contributed by atoms with van der Waals surface area (Å²) in [5, 5.41) is 0. The fraction of sp³-hybridized carbons (Fsp3) is 0.630. The molecule has 0 saturated carbocycles. The first-order valence-corrected chi connectivity index (χ1v) is 28.8. The van der Waals surface area contributed by atoms with Gasteiger partial charge in [-0.05, 0) is 77.6 Å². The molecule has 2 aromatic rings. The second-order valence-electron chi connectivity index (χ2n) is 24.1. The molecule has 0 spiro atoms. The lowest BCUT2D eigenvalue weighted by molar-refractivity contribution is -0.0871. The van der Waals surface area contributed by atoms with E-state index in [-0.39, 0.29) is 52.9 Å². The second kappa shape index (κ2) is 16.7. The van der Waals surface area contributed by atoms with Gasteiger partial charge in [-0.25, -0.2) is 38.4 Å². The Bertz CT molecular complexity index is 2860. The minimum absolute atomic E-state index is 0.0538. The Kier molecular flexibility index (Phi) is 10.3. The molecule has 0 bridgehead atoms. The van der Waals surface area contributed by atoms with Gasteiger partial charge in [0.1, 0.15) is 63.0 Å². The van der Waals surface area contributed by atoms with Crippen molar-refractivity contribution in [2.24, 2.45) is 0 Å². The SMILES string of the molecule is CCCOc1ccc(OCCC)c2c1CN1C(=O)N3CN4C(=O)N5CN6C(=O)N7CN8C(=O)N9Cc%10c(OCCC)ccc(OCCC)c%10CN%10C(=O)N(CN%11C(=O)N(CN%12C(=O)N(CN%13C(=O)N(C2)C1(C)C3%13C)C4C5%12)C6C7%11)C8(C)C9%10C. The van der Waals surface area contributed by atoms with E-state index in [0.29, 0.717) is 71.7 Å². The summed E-state index contributed by atoms with van der Waals surface area (Å²) in [6.45, 7) is 15.1. The predicted octanol–water partition coefficient (Wildman–Crippen LogP) is 4.43. The maximum absolute atomic E-state index is 15.5. The summed E-state index contributed by atoms with van der Waals surface area (Å²) in [5.74, 6) is 2.30. The van der Waals surface area contributed by atoms with Crippen LogP contribution in [0.1, 0.15) is 103 Å². The van der Waals surface area contributed by atoms with Crippen LogP contribution in [-0.2, 0) is 26.2 Å². The van der Waals surface area contributed by atoms with Crippen LogP contribution in [0.3, 0.4) is 0 Å².